The second-order valence-electron chi connectivity index (χ2n) is 4.88. The van der Waals surface area contributed by atoms with Crippen molar-refractivity contribution in [1.82, 2.24) is 4.89 Å². The number of nitrogens with one attached hydrogen (secondary N) is 1. The zero-order chi connectivity index (χ0) is 15.5. The highest BCUT2D eigenvalue weighted by atomic mass is 32.2. The molecular weight excluding hydrogens is 318 g/mol. The predicted molar refractivity (Wildman–Crippen MR) is 74.1 cm³/mol. The fraction of sp³-hybridized carbons (Fsp3) is 0.500. The normalized spacial score (nSPS) is 17.8. The van der Waals surface area contributed by atoms with E-state index in [4.69, 9.17) is 9.94 Å². The Labute approximate surface area is 123 Å². The van der Waals surface area contributed by atoms with Crippen molar-refractivity contribution in [1.29, 1.82) is 0 Å². The Morgan fingerprint density at radius 3 is 2.24 bits per heavy atom. The van der Waals surface area contributed by atoms with Gasteiger partial charge in [0.25, 0.3) is 10.0 Å². The molecule has 2 rings (SSSR count). The van der Waals surface area contributed by atoms with Gasteiger partial charge in [-0.15, -0.1) is 0 Å². The minimum Gasteiger partial charge on any atom is -0.381 e. The molecule has 0 saturated carbocycles. The third-order valence-corrected chi connectivity index (χ3v) is 6.63. The summed E-state index contributed by atoms with van der Waals surface area (Å²) in [7, 11) is -8.02. The van der Waals surface area contributed by atoms with E-state index in [1.54, 1.807) is 0 Å². The molecule has 1 heterocycles. The lowest BCUT2D eigenvalue weighted by atomic mass is 10.0. The molecule has 0 bridgehead atoms. The molecule has 1 aromatic rings. The molecule has 0 amide bonds. The molecule has 0 unspecified atom stereocenters. The van der Waals surface area contributed by atoms with E-state index in [2.05, 4.69) is 0 Å². The molecule has 1 saturated heterocycles. The van der Waals surface area contributed by atoms with Crippen molar-refractivity contribution in [3.8, 4) is 0 Å². The highest BCUT2D eigenvalue weighted by Crippen LogP contribution is 2.25. The van der Waals surface area contributed by atoms with Gasteiger partial charge in [-0.1, -0.05) is 17.0 Å². The van der Waals surface area contributed by atoms with E-state index in [-0.39, 0.29) is 16.6 Å². The van der Waals surface area contributed by atoms with Crippen molar-refractivity contribution in [2.24, 2.45) is 5.92 Å². The van der Waals surface area contributed by atoms with Crippen LogP contribution in [0.5, 0.6) is 0 Å². The van der Waals surface area contributed by atoms with Crippen molar-refractivity contribution < 1.29 is 26.8 Å². The van der Waals surface area contributed by atoms with Crippen molar-refractivity contribution in [2.45, 2.75) is 22.6 Å². The lowest BCUT2D eigenvalue weighted by molar-refractivity contribution is 0.0723. The number of hydrogen-bond donors (Lipinski definition) is 2. The number of sulfone groups is 1. The van der Waals surface area contributed by atoms with Crippen LogP contribution in [0.15, 0.2) is 34.1 Å². The quantitative estimate of drug-likeness (QED) is 0.761. The molecule has 21 heavy (non-hydrogen) atoms. The molecule has 7 nitrogen and oxygen atoms in total. The molecule has 0 atom stereocenters. The molecule has 9 heteroatoms. The number of rotatable bonds is 5. The van der Waals surface area contributed by atoms with Gasteiger partial charge in [-0.2, -0.15) is 0 Å². The third-order valence-electron chi connectivity index (χ3n) is 3.39. The average Bonchev–Trinajstić information content (AvgIpc) is 2.48. The number of benzene rings is 1. The molecule has 0 radical (unpaired) electrons. The summed E-state index contributed by atoms with van der Waals surface area (Å²) in [5.74, 6) is -0.185. The molecule has 0 aliphatic carbocycles. The van der Waals surface area contributed by atoms with Gasteiger partial charge in [0, 0.05) is 13.2 Å². The summed E-state index contributed by atoms with van der Waals surface area (Å²) in [6.07, 6.45) is 1.26. The average molecular weight is 335 g/mol. The second-order valence-corrected chi connectivity index (χ2v) is 8.51. The van der Waals surface area contributed by atoms with Crippen molar-refractivity contribution in [3.05, 3.63) is 24.3 Å². The lowest BCUT2D eigenvalue weighted by Crippen LogP contribution is -2.26. The monoisotopic (exact) mass is 335 g/mol. The van der Waals surface area contributed by atoms with Crippen LogP contribution in [-0.2, 0) is 24.6 Å². The van der Waals surface area contributed by atoms with Crippen LogP contribution in [0, 0.1) is 5.92 Å². The first kappa shape index (κ1) is 16.4. The Bertz CT molecular complexity index is 692. The Hall–Kier alpha value is -1.00. The van der Waals surface area contributed by atoms with Crippen LogP contribution in [0.2, 0.25) is 0 Å². The van der Waals surface area contributed by atoms with Crippen LogP contribution in [0.4, 0.5) is 0 Å². The first-order valence-electron chi connectivity index (χ1n) is 6.42. The summed E-state index contributed by atoms with van der Waals surface area (Å²) in [5, 5.41) is 8.71. The minimum absolute atomic E-state index is 0.0541. The zero-order valence-corrected chi connectivity index (χ0v) is 12.9. The highest BCUT2D eigenvalue weighted by Gasteiger charge is 2.29. The summed E-state index contributed by atoms with van der Waals surface area (Å²) in [5.41, 5.74) is 0. The van der Waals surface area contributed by atoms with Gasteiger partial charge in [0.15, 0.2) is 9.84 Å². The molecule has 0 spiro atoms. The number of hydrogen-bond acceptors (Lipinski definition) is 6. The number of ether oxygens (including phenoxy) is 1. The first-order valence-corrected chi connectivity index (χ1v) is 9.56. The molecule has 2 N–H and O–H groups in total. The van der Waals surface area contributed by atoms with E-state index in [1.165, 1.54) is 18.2 Å². The largest absolute Gasteiger partial charge is 0.381 e. The van der Waals surface area contributed by atoms with Gasteiger partial charge >= 0.3 is 0 Å². The lowest BCUT2D eigenvalue weighted by Gasteiger charge is -2.22. The first-order chi connectivity index (χ1) is 9.87. The van der Waals surface area contributed by atoms with E-state index < -0.39 is 24.8 Å². The van der Waals surface area contributed by atoms with Crippen molar-refractivity contribution >= 4 is 19.9 Å². The van der Waals surface area contributed by atoms with E-state index in [9.17, 15) is 16.8 Å². The summed E-state index contributed by atoms with van der Waals surface area (Å²) < 4.78 is 53.5. The Morgan fingerprint density at radius 2 is 1.67 bits per heavy atom. The van der Waals surface area contributed by atoms with Crippen LogP contribution in [0.25, 0.3) is 0 Å². The molecular formula is C12H17NO6S2. The van der Waals surface area contributed by atoms with Gasteiger partial charge < -0.3 is 9.94 Å². The predicted octanol–water partition coefficient (Wildman–Crippen LogP) is 0.554. The van der Waals surface area contributed by atoms with Gasteiger partial charge in [0.2, 0.25) is 0 Å². The minimum atomic E-state index is -4.25. The van der Waals surface area contributed by atoms with E-state index in [0.29, 0.717) is 26.1 Å². The van der Waals surface area contributed by atoms with Crippen molar-refractivity contribution in [3.63, 3.8) is 0 Å². The van der Waals surface area contributed by atoms with Crippen LogP contribution >= 0.6 is 0 Å². The smallest absolute Gasteiger partial charge is 0.263 e. The SMILES string of the molecule is O=S(=O)(CC1CCOCC1)c1ccccc1S(=O)(=O)NO. The molecule has 118 valence electrons. The summed E-state index contributed by atoms with van der Waals surface area (Å²) in [6.45, 7) is 1.02. The van der Waals surface area contributed by atoms with Crippen LogP contribution in [-0.4, -0.2) is 41.0 Å². The van der Waals surface area contributed by atoms with Crippen molar-refractivity contribution in [2.75, 3.05) is 19.0 Å². The van der Waals surface area contributed by atoms with E-state index in [0.717, 1.165) is 11.0 Å². The van der Waals surface area contributed by atoms with Gasteiger partial charge in [-0.25, -0.2) is 16.8 Å². The summed E-state index contributed by atoms with van der Waals surface area (Å²) >= 11 is 0. The maximum atomic E-state index is 12.5. The fourth-order valence-electron chi connectivity index (χ4n) is 2.29. The van der Waals surface area contributed by atoms with Crippen LogP contribution in [0.1, 0.15) is 12.8 Å². The van der Waals surface area contributed by atoms with Crippen LogP contribution < -0.4 is 4.89 Å². The van der Waals surface area contributed by atoms with Gasteiger partial charge in [0.05, 0.1) is 10.6 Å². The van der Waals surface area contributed by atoms with E-state index in [1.807, 2.05) is 0 Å². The Morgan fingerprint density at radius 1 is 1.10 bits per heavy atom. The standard InChI is InChI=1S/C12H17NO6S2/c14-13-21(17,18)12-4-2-1-3-11(12)20(15,16)9-10-5-7-19-8-6-10/h1-4,10,13-14H,5-9H2. The van der Waals surface area contributed by atoms with Gasteiger partial charge in [-0.05, 0) is 30.9 Å². The maximum Gasteiger partial charge on any atom is 0.263 e. The highest BCUT2D eigenvalue weighted by molar-refractivity contribution is 7.93. The second kappa shape index (κ2) is 6.41. The topological polar surface area (TPSA) is 110 Å². The molecule has 1 aromatic carbocycles. The molecule has 1 fully saturated rings. The van der Waals surface area contributed by atoms with Gasteiger partial charge in [0.1, 0.15) is 4.90 Å². The Balaban J connectivity index is 2.36. The molecule has 0 aromatic heterocycles. The molecule has 1 aliphatic heterocycles. The summed E-state index contributed by atoms with van der Waals surface area (Å²) in [4.78, 5) is 0.423. The summed E-state index contributed by atoms with van der Waals surface area (Å²) in [6, 6.07) is 5.24. The maximum absolute atomic E-state index is 12.5. The van der Waals surface area contributed by atoms with Crippen LogP contribution in [0.3, 0.4) is 0 Å². The Kier molecular flexibility index (Phi) is 4.99. The fourth-order valence-corrected chi connectivity index (χ4v) is 5.48. The van der Waals surface area contributed by atoms with Gasteiger partial charge in [-0.3, -0.25) is 0 Å². The number of sulfonamides is 1. The molecule has 1 aliphatic rings. The zero-order valence-electron chi connectivity index (χ0n) is 11.2. The third kappa shape index (κ3) is 3.80. The van der Waals surface area contributed by atoms with E-state index >= 15 is 0 Å².